The van der Waals surface area contributed by atoms with E-state index in [-0.39, 0.29) is 12.1 Å². The van der Waals surface area contributed by atoms with E-state index in [0.717, 1.165) is 37.2 Å². The van der Waals surface area contributed by atoms with Gasteiger partial charge in [-0.1, -0.05) is 0 Å². The van der Waals surface area contributed by atoms with Crippen molar-refractivity contribution in [1.82, 2.24) is 19.6 Å². The molecule has 2 aromatic heterocycles. The Morgan fingerprint density at radius 2 is 2.35 bits per heavy atom. The van der Waals surface area contributed by atoms with Crippen molar-refractivity contribution in [3.63, 3.8) is 0 Å². The highest BCUT2D eigenvalue weighted by Gasteiger charge is 2.24. The Morgan fingerprint density at radius 1 is 1.47 bits per heavy atom. The van der Waals surface area contributed by atoms with E-state index in [4.69, 9.17) is 5.73 Å². The van der Waals surface area contributed by atoms with Gasteiger partial charge in [0.2, 0.25) is 5.95 Å². The lowest BCUT2D eigenvalue weighted by Crippen LogP contribution is -2.09. The van der Waals surface area contributed by atoms with E-state index in [1.54, 1.807) is 16.8 Å². The highest BCUT2D eigenvalue weighted by Crippen LogP contribution is 2.28. The molecule has 1 aliphatic carbocycles. The molecule has 6 heteroatoms. The van der Waals surface area contributed by atoms with Crippen LogP contribution in [0, 0.1) is 5.92 Å². The van der Waals surface area contributed by atoms with Gasteiger partial charge >= 0.3 is 0 Å². The number of rotatable bonds is 2. The molecule has 90 valence electrons. The maximum absolute atomic E-state index is 9.52. The highest BCUT2D eigenvalue weighted by molar-refractivity contribution is 5.40. The number of fused-ring (bicyclic) bond motifs is 1. The van der Waals surface area contributed by atoms with Crippen LogP contribution in [0.2, 0.25) is 0 Å². The third kappa shape index (κ3) is 1.95. The molecule has 3 rings (SSSR count). The Bertz CT molecular complexity index is 538. The molecule has 2 aromatic rings. The van der Waals surface area contributed by atoms with E-state index in [1.165, 1.54) is 0 Å². The van der Waals surface area contributed by atoms with Crippen molar-refractivity contribution < 1.29 is 5.11 Å². The molecular formula is C11H15N5O. The molecule has 0 aliphatic heterocycles. The minimum atomic E-state index is -0.153. The summed E-state index contributed by atoms with van der Waals surface area (Å²) in [5.74, 6) is 1.62. The van der Waals surface area contributed by atoms with Crippen LogP contribution in [0.3, 0.4) is 0 Å². The van der Waals surface area contributed by atoms with Gasteiger partial charge in [-0.05, 0) is 25.2 Å². The van der Waals surface area contributed by atoms with Crippen LogP contribution in [-0.4, -0.2) is 30.8 Å². The second-order valence-corrected chi connectivity index (χ2v) is 4.64. The first-order chi connectivity index (χ1) is 8.22. The highest BCUT2D eigenvalue weighted by atomic mass is 16.3. The van der Waals surface area contributed by atoms with Gasteiger partial charge in [-0.2, -0.15) is 9.50 Å². The van der Waals surface area contributed by atoms with Crippen LogP contribution in [-0.2, 0) is 6.42 Å². The summed E-state index contributed by atoms with van der Waals surface area (Å²) in [6.45, 7) is 0. The number of hydrogen-bond donors (Lipinski definition) is 2. The zero-order chi connectivity index (χ0) is 11.8. The maximum atomic E-state index is 9.52. The lowest BCUT2D eigenvalue weighted by atomic mass is 10.0. The molecule has 0 amide bonds. The van der Waals surface area contributed by atoms with Gasteiger partial charge in [0, 0.05) is 18.7 Å². The molecule has 0 spiro atoms. The first-order valence-corrected chi connectivity index (χ1v) is 5.86. The van der Waals surface area contributed by atoms with Gasteiger partial charge in [0.05, 0.1) is 6.10 Å². The van der Waals surface area contributed by atoms with Crippen LogP contribution in [0.25, 0.3) is 5.65 Å². The molecule has 0 bridgehead atoms. The molecule has 0 saturated heterocycles. The number of nitrogens with two attached hydrogens (primary N) is 1. The summed E-state index contributed by atoms with van der Waals surface area (Å²) in [6, 6.07) is 1.79. The molecule has 17 heavy (non-hydrogen) atoms. The fraction of sp³-hybridized carbons (Fsp3) is 0.545. The van der Waals surface area contributed by atoms with Gasteiger partial charge in [-0.25, -0.2) is 4.98 Å². The molecule has 0 radical (unpaired) electrons. The third-order valence-electron chi connectivity index (χ3n) is 3.33. The number of nitrogens with zero attached hydrogens (tertiary/aromatic N) is 4. The maximum Gasteiger partial charge on any atom is 0.240 e. The number of nitrogen functional groups attached to an aromatic ring is 1. The largest absolute Gasteiger partial charge is 0.393 e. The standard InChI is InChI=1S/C11H15N5O/c12-11-14-9-3-4-13-10(16(9)15-11)6-7-1-2-8(17)5-7/h3-4,7-8,17H,1-2,5-6H2,(H2,12,15). The summed E-state index contributed by atoms with van der Waals surface area (Å²) in [6.07, 6.45) is 5.17. The predicted octanol–water partition coefficient (Wildman–Crippen LogP) is 0.410. The van der Waals surface area contributed by atoms with Crippen molar-refractivity contribution in [2.45, 2.75) is 31.8 Å². The van der Waals surface area contributed by atoms with Gasteiger partial charge in [0.1, 0.15) is 5.82 Å². The Labute approximate surface area is 98.5 Å². The molecule has 2 unspecified atom stereocenters. The van der Waals surface area contributed by atoms with Crippen molar-refractivity contribution >= 4 is 11.6 Å². The average molecular weight is 233 g/mol. The number of aliphatic hydroxyl groups is 1. The molecule has 2 heterocycles. The fourth-order valence-electron chi connectivity index (χ4n) is 2.51. The fourth-order valence-corrected chi connectivity index (χ4v) is 2.51. The molecular weight excluding hydrogens is 218 g/mol. The second kappa shape index (κ2) is 3.96. The predicted molar refractivity (Wildman–Crippen MR) is 62.2 cm³/mol. The minimum absolute atomic E-state index is 0.153. The lowest BCUT2D eigenvalue weighted by Gasteiger charge is -2.08. The zero-order valence-electron chi connectivity index (χ0n) is 9.45. The van der Waals surface area contributed by atoms with E-state index in [0.29, 0.717) is 5.92 Å². The van der Waals surface area contributed by atoms with E-state index >= 15 is 0 Å². The normalized spacial score (nSPS) is 24.5. The molecule has 1 aliphatic rings. The van der Waals surface area contributed by atoms with Crippen LogP contribution >= 0.6 is 0 Å². The smallest absolute Gasteiger partial charge is 0.240 e. The summed E-state index contributed by atoms with van der Waals surface area (Å²) < 4.78 is 1.69. The quantitative estimate of drug-likeness (QED) is 0.784. The topological polar surface area (TPSA) is 89.3 Å². The Hall–Kier alpha value is -1.69. The number of hydrogen-bond acceptors (Lipinski definition) is 5. The molecule has 2 atom stereocenters. The molecule has 0 aromatic carbocycles. The zero-order valence-corrected chi connectivity index (χ0v) is 9.45. The van der Waals surface area contributed by atoms with Gasteiger partial charge in [0.15, 0.2) is 5.65 Å². The van der Waals surface area contributed by atoms with E-state index in [2.05, 4.69) is 15.1 Å². The van der Waals surface area contributed by atoms with Gasteiger partial charge in [-0.15, -0.1) is 5.10 Å². The summed E-state index contributed by atoms with van der Waals surface area (Å²) in [5.41, 5.74) is 6.31. The number of aromatic nitrogens is 4. The second-order valence-electron chi connectivity index (χ2n) is 4.64. The lowest BCUT2D eigenvalue weighted by molar-refractivity contribution is 0.177. The van der Waals surface area contributed by atoms with Gasteiger partial charge in [0.25, 0.3) is 0 Å². The van der Waals surface area contributed by atoms with Gasteiger partial charge < -0.3 is 10.8 Å². The first kappa shape index (κ1) is 10.5. The molecule has 6 nitrogen and oxygen atoms in total. The van der Waals surface area contributed by atoms with E-state index in [9.17, 15) is 5.11 Å². The summed E-state index contributed by atoms with van der Waals surface area (Å²) >= 11 is 0. The summed E-state index contributed by atoms with van der Waals surface area (Å²) in [7, 11) is 0. The van der Waals surface area contributed by atoms with Crippen molar-refractivity contribution in [2.75, 3.05) is 5.73 Å². The van der Waals surface area contributed by atoms with Crippen LogP contribution in [0.5, 0.6) is 0 Å². The van der Waals surface area contributed by atoms with Crippen LogP contribution < -0.4 is 5.73 Å². The van der Waals surface area contributed by atoms with E-state index < -0.39 is 0 Å². The molecule has 3 N–H and O–H groups in total. The van der Waals surface area contributed by atoms with Crippen molar-refractivity contribution in [3.05, 3.63) is 18.1 Å². The Morgan fingerprint density at radius 3 is 3.12 bits per heavy atom. The monoisotopic (exact) mass is 233 g/mol. The minimum Gasteiger partial charge on any atom is -0.393 e. The van der Waals surface area contributed by atoms with Crippen LogP contribution in [0.4, 0.5) is 5.95 Å². The number of aliphatic hydroxyl groups excluding tert-OH is 1. The average Bonchev–Trinajstić information content (AvgIpc) is 2.84. The van der Waals surface area contributed by atoms with Gasteiger partial charge in [-0.3, -0.25) is 0 Å². The first-order valence-electron chi connectivity index (χ1n) is 5.86. The SMILES string of the molecule is Nc1nc2ccnc(CC3CCC(O)C3)n2n1. The Balaban J connectivity index is 1.89. The Kier molecular flexibility index (Phi) is 2.44. The van der Waals surface area contributed by atoms with Crippen molar-refractivity contribution in [1.29, 1.82) is 0 Å². The summed E-state index contributed by atoms with van der Waals surface area (Å²) in [4.78, 5) is 8.44. The number of anilines is 1. The van der Waals surface area contributed by atoms with E-state index in [1.807, 2.05) is 0 Å². The summed E-state index contributed by atoms with van der Waals surface area (Å²) in [5, 5.41) is 13.7. The van der Waals surface area contributed by atoms with Crippen molar-refractivity contribution in [2.24, 2.45) is 5.92 Å². The molecule has 1 fully saturated rings. The van der Waals surface area contributed by atoms with Crippen LogP contribution in [0.15, 0.2) is 12.3 Å². The molecule has 1 saturated carbocycles. The van der Waals surface area contributed by atoms with Crippen LogP contribution in [0.1, 0.15) is 25.1 Å². The van der Waals surface area contributed by atoms with Crippen molar-refractivity contribution in [3.8, 4) is 0 Å². The third-order valence-corrected chi connectivity index (χ3v) is 3.33.